The molecule has 2 aromatic rings. The number of nitrogens with two attached hydrogens (primary N) is 1. The van der Waals surface area contributed by atoms with Gasteiger partial charge in [0.1, 0.15) is 10.7 Å². The van der Waals surface area contributed by atoms with Gasteiger partial charge in [0.05, 0.1) is 7.11 Å². The summed E-state index contributed by atoms with van der Waals surface area (Å²) in [6, 6.07) is 5.50. The van der Waals surface area contributed by atoms with Crippen LogP contribution in [-0.2, 0) is 6.42 Å². The first-order chi connectivity index (χ1) is 9.20. The zero-order valence-electron chi connectivity index (χ0n) is 10.4. The number of anilines is 1. The Morgan fingerprint density at radius 3 is 3.00 bits per heavy atom. The molecule has 0 radical (unpaired) electrons. The molecule has 3 N–H and O–H groups in total. The van der Waals surface area contributed by atoms with Gasteiger partial charge >= 0.3 is 0 Å². The molecule has 0 amide bonds. The van der Waals surface area contributed by atoms with Crippen LogP contribution in [0.2, 0.25) is 0 Å². The number of aromatic nitrogens is 2. The van der Waals surface area contributed by atoms with Crippen molar-refractivity contribution in [3.8, 4) is 5.75 Å². The van der Waals surface area contributed by atoms with E-state index >= 15 is 0 Å². The molecule has 0 aliphatic rings. The van der Waals surface area contributed by atoms with Gasteiger partial charge in [-0.15, -0.1) is 0 Å². The maximum atomic E-state index is 5.68. The lowest BCUT2D eigenvalue weighted by molar-refractivity contribution is 0.380. The summed E-state index contributed by atoms with van der Waals surface area (Å²) in [5.74, 6) is 1.31. The summed E-state index contributed by atoms with van der Waals surface area (Å²) >= 11 is 5.02. The first-order valence-electron chi connectivity index (χ1n) is 5.68. The second-order valence-electron chi connectivity index (χ2n) is 3.79. The van der Waals surface area contributed by atoms with E-state index in [-0.39, 0.29) is 0 Å². The molecule has 0 bridgehead atoms. The lowest BCUT2D eigenvalue weighted by Gasteiger charge is -2.12. The summed E-state index contributed by atoms with van der Waals surface area (Å²) in [4.78, 5) is 4.28. The van der Waals surface area contributed by atoms with Gasteiger partial charge < -0.3 is 20.3 Å². The van der Waals surface area contributed by atoms with Crippen molar-refractivity contribution in [1.29, 1.82) is 0 Å². The highest BCUT2D eigenvalue weighted by Gasteiger charge is 2.07. The normalized spacial score (nSPS) is 10.2. The van der Waals surface area contributed by atoms with E-state index in [1.807, 2.05) is 18.2 Å². The summed E-state index contributed by atoms with van der Waals surface area (Å²) in [6.07, 6.45) is 2.00. The Morgan fingerprint density at radius 1 is 1.53 bits per heavy atom. The molecule has 1 heterocycles. The average molecular weight is 278 g/mol. The van der Waals surface area contributed by atoms with Crippen LogP contribution in [0.4, 0.5) is 5.69 Å². The molecule has 0 unspecified atom stereocenters. The zero-order chi connectivity index (χ0) is 13.7. The van der Waals surface area contributed by atoms with Crippen LogP contribution in [0, 0.1) is 0 Å². The van der Waals surface area contributed by atoms with Crippen LogP contribution in [0.25, 0.3) is 0 Å². The summed E-state index contributed by atoms with van der Waals surface area (Å²) in [7, 11) is 1.61. The predicted octanol–water partition coefficient (Wildman–Crippen LogP) is 1.37. The Bertz CT molecular complexity index is 557. The van der Waals surface area contributed by atoms with Crippen molar-refractivity contribution in [3.05, 3.63) is 36.0 Å². The van der Waals surface area contributed by atoms with E-state index in [1.165, 1.54) is 6.33 Å². The van der Waals surface area contributed by atoms with Crippen LogP contribution in [0.1, 0.15) is 11.5 Å². The fraction of sp³-hybridized carbons (Fsp3) is 0.250. The quantitative estimate of drug-likeness (QED) is 0.772. The minimum absolute atomic E-state index is 0.336. The molecule has 0 aliphatic heterocycles. The lowest BCUT2D eigenvalue weighted by Crippen LogP contribution is -2.14. The Morgan fingerprint density at radius 2 is 2.37 bits per heavy atom. The summed E-state index contributed by atoms with van der Waals surface area (Å²) in [5, 5.41) is 6.78. The highest BCUT2D eigenvalue weighted by atomic mass is 32.1. The van der Waals surface area contributed by atoms with E-state index in [4.69, 9.17) is 27.2 Å². The van der Waals surface area contributed by atoms with Gasteiger partial charge in [0, 0.05) is 30.3 Å². The summed E-state index contributed by atoms with van der Waals surface area (Å²) < 4.78 is 10.1. The van der Waals surface area contributed by atoms with Crippen LogP contribution in [-0.4, -0.2) is 28.8 Å². The number of rotatable bonds is 6. The molecule has 1 aromatic heterocycles. The molecule has 100 valence electrons. The fourth-order valence-corrected chi connectivity index (χ4v) is 1.80. The van der Waals surface area contributed by atoms with E-state index < -0.39 is 0 Å². The topological polar surface area (TPSA) is 86.2 Å². The average Bonchev–Trinajstić information content (AvgIpc) is 2.91. The minimum atomic E-state index is 0.336. The van der Waals surface area contributed by atoms with Crippen LogP contribution in [0.5, 0.6) is 5.75 Å². The number of methoxy groups -OCH3 is 1. The maximum Gasteiger partial charge on any atom is 0.228 e. The SMILES string of the molecule is COc1ccc(C(N)=S)c(NCCc2ncno2)c1. The Kier molecular flexibility index (Phi) is 4.30. The van der Waals surface area contributed by atoms with Gasteiger partial charge in [-0.25, -0.2) is 0 Å². The third-order valence-electron chi connectivity index (χ3n) is 2.55. The highest BCUT2D eigenvalue weighted by molar-refractivity contribution is 7.80. The van der Waals surface area contributed by atoms with Crippen molar-refractivity contribution in [2.45, 2.75) is 6.42 Å². The Labute approximate surface area is 115 Å². The number of nitrogens with zero attached hydrogens (tertiary/aromatic N) is 2. The smallest absolute Gasteiger partial charge is 0.228 e. The van der Waals surface area contributed by atoms with Gasteiger partial charge in [0.15, 0.2) is 6.33 Å². The molecule has 0 fully saturated rings. The van der Waals surface area contributed by atoms with Crippen molar-refractivity contribution in [3.63, 3.8) is 0 Å². The van der Waals surface area contributed by atoms with E-state index in [0.717, 1.165) is 17.0 Å². The van der Waals surface area contributed by atoms with Crippen molar-refractivity contribution >= 4 is 22.9 Å². The van der Waals surface area contributed by atoms with Crippen LogP contribution in [0.15, 0.2) is 29.0 Å². The largest absolute Gasteiger partial charge is 0.497 e. The van der Waals surface area contributed by atoms with E-state index in [1.54, 1.807) is 7.11 Å². The molecule has 0 aliphatic carbocycles. The second kappa shape index (κ2) is 6.14. The van der Waals surface area contributed by atoms with E-state index in [2.05, 4.69) is 15.5 Å². The van der Waals surface area contributed by atoms with Gasteiger partial charge in [-0.1, -0.05) is 17.4 Å². The maximum absolute atomic E-state index is 5.68. The molecule has 19 heavy (non-hydrogen) atoms. The number of hydrogen-bond acceptors (Lipinski definition) is 6. The molecular weight excluding hydrogens is 264 g/mol. The van der Waals surface area contributed by atoms with Crippen molar-refractivity contribution in [1.82, 2.24) is 10.1 Å². The molecule has 0 saturated carbocycles. The summed E-state index contributed by atoms with van der Waals surface area (Å²) in [6.45, 7) is 0.630. The number of hydrogen-bond donors (Lipinski definition) is 2. The fourth-order valence-electron chi connectivity index (χ4n) is 1.62. The van der Waals surface area contributed by atoms with Gasteiger partial charge in [-0.3, -0.25) is 0 Å². The van der Waals surface area contributed by atoms with Gasteiger partial charge in [-0.2, -0.15) is 4.98 Å². The second-order valence-corrected chi connectivity index (χ2v) is 4.23. The van der Waals surface area contributed by atoms with Gasteiger partial charge in [-0.05, 0) is 12.1 Å². The molecule has 0 spiro atoms. The molecule has 0 atom stereocenters. The van der Waals surface area contributed by atoms with Gasteiger partial charge in [0.25, 0.3) is 0 Å². The van der Waals surface area contributed by atoms with Gasteiger partial charge in [0.2, 0.25) is 5.89 Å². The standard InChI is InChI=1S/C12H14N4O2S/c1-17-8-2-3-9(12(13)19)10(6-8)14-5-4-11-15-7-16-18-11/h2-3,6-7,14H,4-5H2,1H3,(H2,13,19). The van der Waals surface area contributed by atoms with E-state index in [0.29, 0.717) is 23.8 Å². The molecule has 2 rings (SSSR count). The zero-order valence-corrected chi connectivity index (χ0v) is 11.2. The third-order valence-corrected chi connectivity index (χ3v) is 2.77. The van der Waals surface area contributed by atoms with Crippen molar-refractivity contribution in [2.24, 2.45) is 5.73 Å². The van der Waals surface area contributed by atoms with Crippen LogP contribution < -0.4 is 15.8 Å². The first-order valence-corrected chi connectivity index (χ1v) is 6.09. The number of benzene rings is 1. The Hall–Kier alpha value is -2.15. The number of nitrogens with one attached hydrogen (secondary N) is 1. The van der Waals surface area contributed by atoms with Crippen LogP contribution >= 0.6 is 12.2 Å². The predicted molar refractivity (Wildman–Crippen MR) is 75.4 cm³/mol. The molecule has 7 heteroatoms. The third kappa shape index (κ3) is 3.41. The Balaban J connectivity index is 2.06. The first kappa shape index (κ1) is 13.3. The highest BCUT2D eigenvalue weighted by Crippen LogP contribution is 2.22. The minimum Gasteiger partial charge on any atom is -0.497 e. The van der Waals surface area contributed by atoms with E-state index in [9.17, 15) is 0 Å². The number of ether oxygens (including phenoxy) is 1. The molecule has 1 aromatic carbocycles. The monoisotopic (exact) mass is 278 g/mol. The van der Waals surface area contributed by atoms with Crippen molar-refractivity contribution in [2.75, 3.05) is 19.0 Å². The molecule has 0 saturated heterocycles. The van der Waals surface area contributed by atoms with Crippen LogP contribution in [0.3, 0.4) is 0 Å². The molecule has 6 nitrogen and oxygen atoms in total. The number of thiocarbonyl (C=S) groups is 1. The van der Waals surface area contributed by atoms with Crippen molar-refractivity contribution < 1.29 is 9.26 Å². The summed E-state index contributed by atoms with van der Waals surface area (Å²) in [5.41, 5.74) is 7.29. The lowest BCUT2D eigenvalue weighted by atomic mass is 10.1. The molecular formula is C12H14N4O2S.